The Bertz CT molecular complexity index is 630. The lowest BCUT2D eigenvalue weighted by Crippen LogP contribution is -2.16. The highest BCUT2D eigenvalue weighted by molar-refractivity contribution is 5.89. The van der Waals surface area contributed by atoms with E-state index in [1.807, 2.05) is 0 Å². The summed E-state index contributed by atoms with van der Waals surface area (Å²) in [7, 11) is 1.74. The number of hydrogen-bond donors (Lipinski definition) is 0. The first-order chi connectivity index (χ1) is 9.14. The van der Waals surface area contributed by atoms with Crippen molar-refractivity contribution in [1.82, 2.24) is 4.98 Å². The normalized spacial score (nSPS) is 12.8. The van der Waals surface area contributed by atoms with Gasteiger partial charge in [0.05, 0.1) is 18.3 Å². The molecule has 0 aliphatic carbocycles. The maximum Gasteiger partial charge on any atom is 0.130 e. The van der Waals surface area contributed by atoms with E-state index in [9.17, 15) is 0 Å². The lowest BCUT2D eigenvalue weighted by atomic mass is 9.83. The molecule has 0 bridgehead atoms. The molecule has 1 aromatic carbocycles. The molecule has 0 saturated heterocycles. The largest absolute Gasteiger partial charge is 0.496 e. The van der Waals surface area contributed by atoms with Crippen molar-refractivity contribution in [2.24, 2.45) is 0 Å². The van der Waals surface area contributed by atoms with Crippen LogP contribution in [0.15, 0.2) is 24.3 Å². The van der Waals surface area contributed by atoms with Gasteiger partial charge in [-0.3, -0.25) is 4.98 Å². The number of ether oxygens (including phenoxy) is 1. The summed E-state index contributed by atoms with van der Waals surface area (Å²) in [5.41, 5.74) is 3.44. The highest BCUT2D eigenvalue weighted by Gasteiger charge is 2.23. The van der Waals surface area contributed by atoms with E-state index in [0.29, 0.717) is 0 Å². The second kappa shape index (κ2) is 4.76. The molecule has 1 heterocycles. The minimum absolute atomic E-state index is 0.0131. The average molecular weight is 271 g/mol. The van der Waals surface area contributed by atoms with Crippen molar-refractivity contribution in [2.75, 3.05) is 7.11 Å². The molecule has 0 amide bonds. The standard InChI is InChI=1S/C18H25NO/c1-17(2,3)12-9-8-10-13-16(12)14(20-7)11-15(19-13)18(4,5)6/h8-11H,1-7H3. The number of methoxy groups -OCH3 is 1. The molecule has 0 radical (unpaired) electrons. The Morgan fingerprint density at radius 3 is 2.10 bits per heavy atom. The summed E-state index contributed by atoms with van der Waals surface area (Å²) in [6, 6.07) is 8.41. The Kier molecular flexibility index (Phi) is 3.53. The van der Waals surface area contributed by atoms with Gasteiger partial charge >= 0.3 is 0 Å². The zero-order valence-electron chi connectivity index (χ0n) is 13.7. The molecular formula is C18H25NO. The SMILES string of the molecule is COc1cc(C(C)(C)C)nc2cccc(C(C)(C)C)c12. The van der Waals surface area contributed by atoms with Crippen LogP contribution < -0.4 is 4.74 Å². The van der Waals surface area contributed by atoms with E-state index >= 15 is 0 Å². The van der Waals surface area contributed by atoms with Gasteiger partial charge in [-0.25, -0.2) is 0 Å². The second-order valence-corrected chi connectivity index (χ2v) is 7.41. The van der Waals surface area contributed by atoms with Crippen molar-refractivity contribution in [3.8, 4) is 5.75 Å². The molecule has 108 valence electrons. The van der Waals surface area contributed by atoms with E-state index in [1.54, 1.807) is 7.11 Å². The van der Waals surface area contributed by atoms with Gasteiger partial charge in [0.25, 0.3) is 0 Å². The molecule has 0 spiro atoms. The third-order valence-corrected chi connectivity index (χ3v) is 3.59. The number of aromatic nitrogens is 1. The minimum atomic E-state index is 0.0131. The Morgan fingerprint density at radius 1 is 0.950 bits per heavy atom. The fourth-order valence-corrected chi connectivity index (χ4v) is 2.42. The molecule has 0 fully saturated rings. The zero-order valence-corrected chi connectivity index (χ0v) is 13.7. The van der Waals surface area contributed by atoms with Crippen molar-refractivity contribution >= 4 is 10.9 Å². The molecule has 0 aliphatic heterocycles. The predicted octanol–water partition coefficient (Wildman–Crippen LogP) is 4.84. The molecule has 0 N–H and O–H groups in total. The van der Waals surface area contributed by atoms with Gasteiger partial charge in [-0.15, -0.1) is 0 Å². The Hall–Kier alpha value is -1.57. The molecule has 0 saturated carbocycles. The van der Waals surface area contributed by atoms with Crippen LogP contribution in [0.2, 0.25) is 0 Å². The fourth-order valence-electron chi connectivity index (χ4n) is 2.42. The zero-order chi connectivity index (χ0) is 15.1. The molecule has 20 heavy (non-hydrogen) atoms. The molecule has 0 atom stereocenters. The molecule has 0 aliphatic rings. The molecule has 2 aromatic rings. The van der Waals surface area contributed by atoms with Crippen LogP contribution in [0, 0.1) is 0 Å². The van der Waals surface area contributed by atoms with Gasteiger partial charge in [0.2, 0.25) is 0 Å². The van der Waals surface area contributed by atoms with Crippen LogP contribution in [0.5, 0.6) is 5.75 Å². The summed E-state index contributed by atoms with van der Waals surface area (Å²) < 4.78 is 5.66. The number of hydrogen-bond acceptors (Lipinski definition) is 2. The number of rotatable bonds is 1. The topological polar surface area (TPSA) is 22.1 Å². The number of pyridine rings is 1. The number of benzene rings is 1. The first-order valence-electron chi connectivity index (χ1n) is 7.13. The van der Waals surface area contributed by atoms with Gasteiger partial charge in [-0.05, 0) is 17.0 Å². The smallest absolute Gasteiger partial charge is 0.130 e. The van der Waals surface area contributed by atoms with E-state index in [0.717, 1.165) is 22.3 Å². The first kappa shape index (κ1) is 14.8. The van der Waals surface area contributed by atoms with Crippen LogP contribution >= 0.6 is 0 Å². The lowest BCUT2D eigenvalue weighted by molar-refractivity contribution is 0.415. The highest BCUT2D eigenvalue weighted by Crippen LogP contribution is 2.37. The molecule has 2 rings (SSSR count). The van der Waals surface area contributed by atoms with Gasteiger partial charge < -0.3 is 4.74 Å². The monoisotopic (exact) mass is 271 g/mol. The second-order valence-electron chi connectivity index (χ2n) is 7.41. The van der Waals surface area contributed by atoms with Crippen LogP contribution in [-0.4, -0.2) is 12.1 Å². The quantitative estimate of drug-likeness (QED) is 0.740. The number of nitrogens with zero attached hydrogens (tertiary/aromatic N) is 1. The van der Waals surface area contributed by atoms with Crippen LogP contribution in [0.4, 0.5) is 0 Å². The van der Waals surface area contributed by atoms with Crippen molar-refractivity contribution in [1.29, 1.82) is 0 Å². The summed E-state index contributed by atoms with van der Waals surface area (Å²) in [6.45, 7) is 13.2. The summed E-state index contributed by atoms with van der Waals surface area (Å²) >= 11 is 0. The maximum atomic E-state index is 5.66. The Morgan fingerprint density at radius 2 is 1.60 bits per heavy atom. The molecule has 0 unspecified atom stereocenters. The van der Waals surface area contributed by atoms with Crippen molar-refractivity contribution < 1.29 is 4.74 Å². The van der Waals surface area contributed by atoms with E-state index in [2.05, 4.69) is 65.8 Å². The van der Waals surface area contributed by atoms with Gasteiger partial charge in [-0.1, -0.05) is 53.7 Å². The van der Waals surface area contributed by atoms with E-state index in [1.165, 1.54) is 5.56 Å². The summed E-state index contributed by atoms with van der Waals surface area (Å²) in [5.74, 6) is 0.922. The molecular weight excluding hydrogens is 246 g/mol. The third kappa shape index (κ3) is 2.65. The highest BCUT2D eigenvalue weighted by atomic mass is 16.5. The Balaban J connectivity index is 2.84. The molecule has 1 aromatic heterocycles. The Labute approximate surface area is 122 Å². The summed E-state index contributed by atoms with van der Waals surface area (Å²) in [4.78, 5) is 4.85. The van der Waals surface area contributed by atoms with Crippen LogP contribution in [0.25, 0.3) is 10.9 Å². The first-order valence-corrected chi connectivity index (χ1v) is 7.13. The fraction of sp³-hybridized carbons (Fsp3) is 0.500. The third-order valence-electron chi connectivity index (χ3n) is 3.59. The van der Waals surface area contributed by atoms with Crippen LogP contribution in [0.1, 0.15) is 52.8 Å². The average Bonchev–Trinajstić information content (AvgIpc) is 2.34. The van der Waals surface area contributed by atoms with Crippen molar-refractivity contribution in [3.05, 3.63) is 35.5 Å². The number of fused-ring (bicyclic) bond motifs is 1. The lowest BCUT2D eigenvalue weighted by Gasteiger charge is -2.24. The van der Waals surface area contributed by atoms with E-state index in [4.69, 9.17) is 9.72 Å². The van der Waals surface area contributed by atoms with Gasteiger partial charge in [-0.2, -0.15) is 0 Å². The maximum absolute atomic E-state index is 5.66. The molecule has 2 nitrogen and oxygen atoms in total. The summed E-state index contributed by atoms with van der Waals surface area (Å²) in [5, 5.41) is 1.13. The van der Waals surface area contributed by atoms with Gasteiger partial charge in [0.1, 0.15) is 5.75 Å². The van der Waals surface area contributed by atoms with Crippen LogP contribution in [0.3, 0.4) is 0 Å². The molecule has 2 heteroatoms. The summed E-state index contributed by atoms with van der Waals surface area (Å²) in [6.07, 6.45) is 0. The van der Waals surface area contributed by atoms with E-state index < -0.39 is 0 Å². The van der Waals surface area contributed by atoms with Crippen molar-refractivity contribution in [3.63, 3.8) is 0 Å². The minimum Gasteiger partial charge on any atom is -0.496 e. The van der Waals surface area contributed by atoms with Crippen LogP contribution in [-0.2, 0) is 10.8 Å². The predicted molar refractivity (Wildman–Crippen MR) is 85.7 cm³/mol. The van der Waals surface area contributed by atoms with Crippen molar-refractivity contribution in [2.45, 2.75) is 52.4 Å². The van der Waals surface area contributed by atoms with Gasteiger partial charge in [0, 0.05) is 16.9 Å². The van der Waals surface area contributed by atoms with E-state index in [-0.39, 0.29) is 10.8 Å². The van der Waals surface area contributed by atoms with Gasteiger partial charge in [0.15, 0.2) is 0 Å².